The number of benzene rings is 2. The van der Waals surface area contributed by atoms with Gasteiger partial charge in [0, 0.05) is 11.6 Å². The first kappa shape index (κ1) is 11.8. The van der Waals surface area contributed by atoms with Gasteiger partial charge in [0.2, 0.25) is 0 Å². The van der Waals surface area contributed by atoms with Gasteiger partial charge in [-0.25, -0.2) is 0 Å². The Kier molecular flexibility index (Phi) is 2.51. The van der Waals surface area contributed by atoms with Gasteiger partial charge in [-0.3, -0.25) is 0 Å². The maximum Gasteiger partial charge on any atom is 0.165 e. The van der Waals surface area contributed by atoms with Crippen molar-refractivity contribution in [1.29, 1.82) is 0 Å². The number of nitrogens with one attached hydrogen (secondary N) is 1. The van der Waals surface area contributed by atoms with E-state index in [1.807, 2.05) is 6.07 Å². The van der Waals surface area contributed by atoms with Crippen molar-refractivity contribution in [3.63, 3.8) is 0 Å². The highest BCUT2D eigenvalue weighted by Crippen LogP contribution is 2.48. The second-order valence-electron chi connectivity index (χ2n) is 5.49. The van der Waals surface area contributed by atoms with Crippen LogP contribution in [0.1, 0.15) is 22.7 Å². The maximum atomic E-state index is 10.5. The third kappa shape index (κ3) is 1.50. The van der Waals surface area contributed by atoms with Crippen molar-refractivity contribution in [2.75, 3.05) is 13.7 Å². The lowest BCUT2D eigenvalue weighted by Crippen LogP contribution is -2.33. The molecule has 3 nitrogen and oxygen atoms in total. The number of phenolic OH excluding ortho intramolecular Hbond substituents is 1. The molecule has 102 valence electrons. The van der Waals surface area contributed by atoms with Gasteiger partial charge in [0.15, 0.2) is 11.5 Å². The van der Waals surface area contributed by atoms with Crippen LogP contribution in [0.25, 0.3) is 11.1 Å². The van der Waals surface area contributed by atoms with Crippen LogP contribution in [0, 0.1) is 0 Å². The lowest BCUT2D eigenvalue weighted by Gasteiger charge is -2.34. The Hall–Kier alpha value is -2.00. The van der Waals surface area contributed by atoms with E-state index in [4.69, 9.17) is 4.74 Å². The van der Waals surface area contributed by atoms with E-state index in [1.165, 1.54) is 16.7 Å². The monoisotopic (exact) mass is 267 g/mol. The van der Waals surface area contributed by atoms with E-state index in [1.54, 1.807) is 7.11 Å². The fourth-order valence-corrected chi connectivity index (χ4v) is 3.59. The molecule has 0 fully saturated rings. The fraction of sp³-hybridized carbons (Fsp3) is 0.294. The molecule has 4 rings (SSSR count). The van der Waals surface area contributed by atoms with Gasteiger partial charge in [-0.2, -0.15) is 0 Å². The molecule has 1 atom stereocenters. The molecule has 0 saturated carbocycles. The van der Waals surface area contributed by atoms with Gasteiger partial charge in [0.25, 0.3) is 0 Å². The number of phenols is 1. The third-order valence-electron chi connectivity index (χ3n) is 4.47. The summed E-state index contributed by atoms with van der Waals surface area (Å²) < 4.78 is 5.26. The topological polar surface area (TPSA) is 41.5 Å². The molecule has 1 aliphatic carbocycles. The van der Waals surface area contributed by atoms with Crippen molar-refractivity contribution < 1.29 is 9.84 Å². The van der Waals surface area contributed by atoms with E-state index in [2.05, 4.69) is 29.6 Å². The average molecular weight is 267 g/mol. The molecule has 0 spiro atoms. The summed E-state index contributed by atoms with van der Waals surface area (Å²) in [7, 11) is 1.59. The highest BCUT2D eigenvalue weighted by Gasteiger charge is 2.31. The molecule has 1 heterocycles. The second-order valence-corrected chi connectivity index (χ2v) is 5.49. The number of hydrogen-bond acceptors (Lipinski definition) is 3. The SMILES string of the molecule is COc1ccc2c(c1O)-c1cccc3c1[C@@H](C2)NCC3. The number of hydrogen-bond donors (Lipinski definition) is 2. The minimum atomic E-state index is 0.266. The summed E-state index contributed by atoms with van der Waals surface area (Å²) >= 11 is 0. The number of methoxy groups -OCH3 is 1. The fourth-order valence-electron chi connectivity index (χ4n) is 3.59. The zero-order chi connectivity index (χ0) is 13.7. The molecule has 0 aromatic heterocycles. The van der Waals surface area contributed by atoms with Crippen LogP contribution in [0.15, 0.2) is 30.3 Å². The average Bonchev–Trinajstić information content (AvgIpc) is 2.48. The molecule has 1 aliphatic heterocycles. The van der Waals surface area contributed by atoms with E-state index >= 15 is 0 Å². The van der Waals surface area contributed by atoms with Crippen LogP contribution < -0.4 is 10.1 Å². The summed E-state index contributed by atoms with van der Waals surface area (Å²) in [5.74, 6) is 0.811. The first-order chi connectivity index (χ1) is 9.79. The molecule has 0 radical (unpaired) electrons. The summed E-state index contributed by atoms with van der Waals surface area (Å²) in [6.07, 6.45) is 1.98. The molecule has 0 saturated heterocycles. The Balaban J connectivity index is 2.03. The normalized spacial score (nSPS) is 19.1. The smallest absolute Gasteiger partial charge is 0.165 e. The Labute approximate surface area is 118 Å². The Morgan fingerprint density at radius 1 is 1.20 bits per heavy atom. The van der Waals surface area contributed by atoms with Crippen LogP contribution in [0.5, 0.6) is 11.5 Å². The minimum absolute atomic E-state index is 0.266. The Morgan fingerprint density at radius 3 is 2.95 bits per heavy atom. The lowest BCUT2D eigenvalue weighted by molar-refractivity contribution is 0.373. The van der Waals surface area contributed by atoms with Crippen molar-refractivity contribution in [3.8, 4) is 22.6 Å². The molecular formula is C17H17NO2. The predicted octanol–water partition coefficient (Wildman–Crippen LogP) is 2.81. The summed E-state index contributed by atoms with van der Waals surface area (Å²) in [5, 5.41) is 14.1. The summed E-state index contributed by atoms with van der Waals surface area (Å²) in [6, 6.07) is 10.7. The van der Waals surface area contributed by atoms with Crippen molar-refractivity contribution in [1.82, 2.24) is 5.32 Å². The summed E-state index contributed by atoms with van der Waals surface area (Å²) in [4.78, 5) is 0. The van der Waals surface area contributed by atoms with E-state index in [9.17, 15) is 5.11 Å². The van der Waals surface area contributed by atoms with Crippen LogP contribution in [-0.4, -0.2) is 18.8 Å². The number of fused-ring (bicyclic) bond motifs is 2. The van der Waals surface area contributed by atoms with Gasteiger partial charge in [0.05, 0.1) is 7.11 Å². The number of ether oxygens (including phenoxy) is 1. The summed E-state index contributed by atoms with van der Waals surface area (Å²) in [5.41, 5.74) is 6.04. The number of aromatic hydroxyl groups is 1. The lowest BCUT2D eigenvalue weighted by atomic mass is 9.77. The quantitative estimate of drug-likeness (QED) is 0.835. The molecule has 0 bridgehead atoms. The van der Waals surface area contributed by atoms with Crippen LogP contribution in [0.2, 0.25) is 0 Å². The zero-order valence-corrected chi connectivity index (χ0v) is 11.4. The van der Waals surface area contributed by atoms with Gasteiger partial charge in [0.1, 0.15) is 0 Å². The van der Waals surface area contributed by atoms with Gasteiger partial charge in [-0.05, 0) is 47.7 Å². The highest BCUT2D eigenvalue weighted by molar-refractivity contribution is 5.82. The first-order valence-corrected chi connectivity index (χ1v) is 7.04. The van der Waals surface area contributed by atoms with E-state index < -0.39 is 0 Å². The molecule has 0 unspecified atom stereocenters. The van der Waals surface area contributed by atoms with Crippen LogP contribution in [0.3, 0.4) is 0 Å². The molecule has 3 heteroatoms. The third-order valence-corrected chi connectivity index (χ3v) is 4.47. The van der Waals surface area contributed by atoms with Crippen molar-refractivity contribution in [3.05, 3.63) is 47.0 Å². The number of rotatable bonds is 1. The van der Waals surface area contributed by atoms with Crippen molar-refractivity contribution >= 4 is 0 Å². The zero-order valence-electron chi connectivity index (χ0n) is 11.4. The maximum absolute atomic E-state index is 10.5. The van der Waals surface area contributed by atoms with Gasteiger partial charge < -0.3 is 15.2 Å². The van der Waals surface area contributed by atoms with E-state index in [0.29, 0.717) is 11.8 Å². The molecule has 2 N–H and O–H groups in total. The first-order valence-electron chi connectivity index (χ1n) is 7.04. The molecule has 20 heavy (non-hydrogen) atoms. The Morgan fingerprint density at radius 2 is 2.10 bits per heavy atom. The van der Waals surface area contributed by atoms with Crippen molar-refractivity contribution in [2.24, 2.45) is 0 Å². The molecular weight excluding hydrogens is 250 g/mol. The molecule has 0 amide bonds. The van der Waals surface area contributed by atoms with Crippen LogP contribution >= 0.6 is 0 Å². The standard InChI is InChI=1S/C17H17NO2/c1-20-14-6-5-11-9-13-15-10(7-8-18-13)3-2-4-12(15)16(11)17(14)19/h2-6,13,18-19H,7-9H2,1H3/t13-/m1/s1. The summed E-state index contributed by atoms with van der Waals surface area (Å²) in [6.45, 7) is 1.03. The second kappa shape index (κ2) is 4.25. The van der Waals surface area contributed by atoms with Gasteiger partial charge in [-0.1, -0.05) is 24.3 Å². The van der Waals surface area contributed by atoms with Gasteiger partial charge in [-0.15, -0.1) is 0 Å². The predicted molar refractivity (Wildman–Crippen MR) is 78.2 cm³/mol. The largest absolute Gasteiger partial charge is 0.504 e. The Bertz CT molecular complexity index is 694. The van der Waals surface area contributed by atoms with E-state index in [0.717, 1.165) is 30.5 Å². The highest BCUT2D eigenvalue weighted by atomic mass is 16.5. The van der Waals surface area contributed by atoms with Crippen LogP contribution in [0.4, 0.5) is 0 Å². The molecule has 2 aromatic carbocycles. The molecule has 2 aromatic rings. The minimum Gasteiger partial charge on any atom is -0.504 e. The van der Waals surface area contributed by atoms with Crippen LogP contribution in [-0.2, 0) is 12.8 Å². The van der Waals surface area contributed by atoms with Gasteiger partial charge >= 0.3 is 0 Å². The molecule has 2 aliphatic rings. The van der Waals surface area contributed by atoms with Crippen molar-refractivity contribution in [2.45, 2.75) is 18.9 Å². The van der Waals surface area contributed by atoms with E-state index in [-0.39, 0.29) is 5.75 Å².